The molecular weight excluding hydrogens is 455 g/mol. The molecular formula is C25H25FN4O5. The smallest absolute Gasteiger partial charge is 0.254 e. The van der Waals surface area contributed by atoms with Crippen LogP contribution in [0.3, 0.4) is 0 Å². The first-order valence-electron chi connectivity index (χ1n) is 11.3. The number of H-pyrrole nitrogens is 1. The quantitative estimate of drug-likeness (QED) is 0.400. The number of hydrogen-bond donors (Lipinski definition) is 1. The second kappa shape index (κ2) is 9.85. The van der Waals surface area contributed by atoms with Crippen molar-refractivity contribution in [1.29, 1.82) is 0 Å². The van der Waals surface area contributed by atoms with E-state index in [9.17, 15) is 9.18 Å². The Labute approximate surface area is 200 Å². The van der Waals surface area contributed by atoms with Gasteiger partial charge in [-0.3, -0.25) is 9.89 Å². The summed E-state index contributed by atoms with van der Waals surface area (Å²) in [6, 6.07) is 11.9. The number of methoxy groups -OCH3 is 1. The maximum Gasteiger partial charge on any atom is 0.254 e. The topological polar surface area (TPSA) is 103 Å². The van der Waals surface area contributed by atoms with Crippen molar-refractivity contribution in [2.45, 2.75) is 13.0 Å². The van der Waals surface area contributed by atoms with Crippen molar-refractivity contribution in [1.82, 2.24) is 20.3 Å². The molecule has 1 atom stereocenters. The highest BCUT2D eigenvalue weighted by molar-refractivity contribution is 5.95. The lowest BCUT2D eigenvalue weighted by atomic mass is 10.1. The van der Waals surface area contributed by atoms with Gasteiger partial charge in [-0.2, -0.15) is 5.10 Å². The third-order valence-electron chi connectivity index (χ3n) is 5.96. The molecule has 1 amide bonds. The minimum atomic E-state index is -0.508. The van der Waals surface area contributed by atoms with Gasteiger partial charge in [-0.15, -0.1) is 0 Å². The van der Waals surface area contributed by atoms with E-state index in [-0.39, 0.29) is 24.3 Å². The van der Waals surface area contributed by atoms with Crippen molar-refractivity contribution in [3.63, 3.8) is 0 Å². The van der Waals surface area contributed by atoms with Crippen molar-refractivity contribution in [2.24, 2.45) is 0 Å². The van der Waals surface area contributed by atoms with E-state index in [1.54, 1.807) is 31.4 Å². The fourth-order valence-corrected chi connectivity index (χ4v) is 4.05. The van der Waals surface area contributed by atoms with E-state index in [0.717, 1.165) is 5.56 Å². The number of fused-ring (bicyclic) bond motifs is 1. The highest BCUT2D eigenvalue weighted by Crippen LogP contribution is 2.33. The summed E-state index contributed by atoms with van der Waals surface area (Å²) in [5.41, 5.74) is 3.01. The first kappa shape index (κ1) is 23.0. The molecule has 1 N–H and O–H groups in total. The molecule has 35 heavy (non-hydrogen) atoms. The zero-order valence-corrected chi connectivity index (χ0v) is 19.4. The van der Waals surface area contributed by atoms with Crippen molar-refractivity contribution >= 4 is 16.8 Å². The molecule has 1 aliphatic heterocycles. The van der Waals surface area contributed by atoms with Crippen LogP contribution >= 0.6 is 0 Å². The van der Waals surface area contributed by atoms with Gasteiger partial charge in [0.1, 0.15) is 18.0 Å². The lowest BCUT2D eigenvalue weighted by Gasteiger charge is -2.33. The maximum atomic E-state index is 14.6. The number of morpholine rings is 1. The zero-order chi connectivity index (χ0) is 24.4. The Morgan fingerprint density at radius 1 is 1.23 bits per heavy atom. The molecule has 0 bridgehead atoms. The Morgan fingerprint density at radius 2 is 2.06 bits per heavy atom. The number of benzene rings is 2. The number of aromatic nitrogens is 3. The van der Waals surface area contributed by atoms with Crippen LogP contribution in [0, 0.1) is 5.82 Å². The first-order chi connectivity index (χ1) is 17.0. The van der Waals surface area contributed by atoms with Crippen LogP contribution in [0.2, 0.25) is 0 Å². The van der Waals surface area contributed by atoms with E-state index < -0.39 is 5.82 Å². The van der Waals surface area contributed by atoms with Gasteiger partial charge in [-0.1, -0.05) is 17.3 Å². The van der Waals surface area contributed by atoms with Gasteiger partial charge in [0.25, 0.3) is 5.91 Å². The molecule has 0 saturated carbocycles. The van der Waals surface area contributed by atoms with Crippen molar-refractivity contribution in [2.75, 3.05) is 40.1 Å². The predicted octanol–water partition coefficient (Wildman–Crippen LogP) is 3.91. The van der Waals surface area contributed by atoms with E-state index in [1.165, 1.54) is 6.07 Å². The molecule has 2 aromatic heterocycles. The van der Waals surface area contributed by atoms with Crippen LogP contribution in [0.4, 0.5) is 4.39 Å². The molecule has 2 aromatic carbocycles. The van der Waals surface area contributed by atoms with Gasteiger partial charge in [-0.25, -0.2) is 4.39 Å². The molecule has 0 unspecified atom stereocenters. The van der Waals surface area contributed by atoms with E-state index in [4.69, 9.17) is 18.7 Å². The van der Waals surface area contributed by atoms with Gasteiger partial charge in [0.05, 0.1) is 31.4 Å². The fraction of sp³-hybridized carbons (Fsp3) is 0.320. The molecule has 0 spiro atoms. The van der Waals surface area contributed by atoms with Gasteiger partial charge in [0.15, 0.2) is 17.3 Å². The van der Waals surface area contributed by atoms with Crippen LogP contribution in [0.25, 0.3) is 33.6 Å². The fourth-order valence-electron chi connectivity index (χ4n) is 4.05. The molecule has 0 radical (unpaired) electrons. The summed E-state index contributed by atoms with van der Waals surface area (Å²) in [5, 5.41) is 11.9. The van der Waals surface area contributed by atoms with Crippen LogP contribution in [-0.2, 0) is 9.47 Å². The Bertz CT molecular complexity index is 1330. The monoisotopic (exact) mass is 480 g/mol. The zero-order valence-electron chi connectivity index (χ0n) is 19.4. The van der Waals surface area contributed by atoms with Crippen LogP contribution in [0.5, 0.6) is 5.75 Å². The van der Waals surface area contributed by atoms with Gasteiger partial charge in [-0.05, 0) is 25.1 Å². The summed E-state index contributed by atoms with van der Waals surface area (Å²) in [7, 11) is 1.55. The standard InChI is InChI=1S/C25H25FN4O5/c1-15-14-33-8-7-30(15)25(31)17-5-3-16(4-6-17)20-12-23(35-29-20)24-18-11-19(26)22(34-10-9-32-2)13-21(18)27-28-24/h3-6,11-13,15H,7-10,14H2,1-2H3,(H,27,28)/t15-/m1/s1. The number of hydrogen-bond acceptors (Lipinski definition) is 7. The molecule has 10 heteroatoms. The van der Waals surface area contributed by atoms with Crippen LogP contribution in [-0.4, -0.2) is 72.3 Å². The third-order valence-corrected chi connectivity index (χ3v) is 5.96. The largest absolute Gasteiger partial charge is 0.488 e. The number of aromatic amines is 1. The van der Waals surface area contributed by atoms with Crippen molar-refractivity contribution in [3.05, 3.63) is 53.8 Å². The first-order valence-corrected chi connectivity index (χ1v) is 11.3. The van der Waals surface area contributed by atoms with Gasteiger partial charge in [0.2, 0.25) is 0 Å². The number of ether oxygens (including phenoxy) is 3. The summed E-state index contributed by atoms with van der Waals surface area (Å²) in [5.74, 6) is -0.0280. The molecule has 5 rings (SSSR count). The summed E-state index contributed by atoms with van der Waals surface area (Å²) in [6.45, 7) is 4.23. The van der Waals surface area contributed by atoms with E-state index >= 15 is 0 Å². The SMILES string of the molecule is COCCOc1cc2[nH]nc(-c3cc(-c4ccc(C(=O)N5CCOC[C@H]5C)cc4)no3)c2cc1F. The number of nitrogens with zero attached hydrogens (tertiary/aromatic N) is 3. The molecule has 0 aliphatic carbocycles. The molecule has 4 aromatic rings. The maximum absolute atomic E-state index is 14.6. The molecule has 3 heterocycles. The predicted molar refractivity (Wildman–Crippen MR) is 126 cm³/mol. The number of amides is 1. The number of halogens is 1. The molecule has 1 aliphatic rings. The van der Waals surface area contributed by atoms with Gasteiger partial charge in [0, 0.05) is 42.3 Å². The van der Waals surface area contributed by atoms with Crippen LogP contribution in [0.15, 0.2) is 47.0 Å². The Kier molecular flexibility index (Phi) is 6.47. The Balaban J connectivity index is 1.35. The minimum absolute atomic E-state index is 0.0243. The van der Waals surface area contributed by atoms with Crippen molar-refractivity contribution < 1.29 is 27.9 Å². The average Bonchev–Trinajstić information content (AvgIpc) is 3.51. The summed E-state index contributed by atoms with van der Waals surface area (Å²) >= 11 is 0. The highest BCUT2D eigenvalue weighted by Gasteiger charge is 2.25. The lowest BCUT2D eigenvalue weighted by molar-refractivity contribution is 0.00359. The molecule has 9 nitrogen and oxygen atoms in total. The number of carbonyl (C=O) groups excluding carboxylic acids is 1. The normalized spacial score (nSPS) is 16.1. The lowest BCUT2D eigenvalue weighted by Crippen LogP contribution is -2.47. The van der Waals surface area contributed by atoms with Crippen LogP contribution < -0.4 is 4.74 Å². The Morgan fingerprint density at radius 3 is 2.83 bits per heavy atom. The summed E-state index contributed by atoms with van der Waals surface area (Å²) in [6.07, 6.45) is 0. The molecule has 1 fully saturated rings. The van der Waals surface area contributed by atoms with Crippen molar-refractivity contribution in [3.8, 4) is 28.5 Å². The van der Waals surface area contributed by atoms with E-state index in [0.29, 0.717) is 60.0 Å². The van der Waals surface area contributed by atoms with Gasteiger partial charge < -0.3 is 23.6 Å². The Hall–Kier alpha value is -3.76. The average molecular weight is 480 g/mol. The second-order valence-corrected chi connectivity index (χ2v) is 8.32. The minimum Gasteiger partial charge on any atom is -0.488 e. The number of carbonyl (C=O) groups is 1. The summed E-state index contributed by atoms with van der Waals surface area (Å²) in [4.78, 5) is 14.7. The molecule has 182 valence electrons. The van der Waals surface area contributed by atoms with E-state index in [1.807, 2.05) is 24.0 Å². The van der Waals surface area contributed by atoms with E-state index in [2.05, 4.69) is 15.4 Å². The summed E-state index contributed by atoms with van der Waals surface area (Å²) < 4.78 is 35.8. The number of nitrogens with one attached hydrogen (secondary N) is 1. The highest BCUT2D eigenvalue weighted by atomic mass is 19.1. The number of rotatable bonds is 7. The second-order valence-electron chi connectivity index (χ2n) is 8.32. The van der Waals surface area contributed by atoms with Gasteiger partial charge >= 0.3 is 0 Å². The van der Waals surface area contributed by atoms with Crippen LogP contribution in [0.1, 0.15) is 17.3 Å². The molecule has 1 saturated heterocycles. The third kappa shape index (κ3) is 4.62.